The van der Waals surface area contributed by atoms with E-state index in [1.54, 1.807) is 4.90 Å². The van der Waals surface area contributed by atoms with Gasteiger partial charge in [0.05, 0.1) is 11.7 Å². The summed E-state index contributed by atoms with van der Waals surface area (Å²) in [6.45, 7) is 9.91. The summed E-state index contributed by atoms with van der Waals surface area (Å²) in [7, 11) is 0. The highest BCUT2D eigenvalue weighted by Gasteiger charge is 2.34. The van der Waals surface area contributed by atoms with Crippen LogP contribution in [0.4, 0.5) is 4.79 Å². The predicted molar refractivity (Wildman–Crippen MR) is 148 cm³/mol. The smallest absolute Gasteiger partial charge is 0.410 e. The predicted octanol–water partition coefficient (Wildman–Crippen LogP) is 5.10. The molecule has 3 aliphatic rings. The first-order chi connectivity index (χ1) is 18.2. The molecule has 0 N–H and O–H groups in total. The van der Waals surface area contributed by atoms with E-state index in [-0.39, 0.29) is 24.0 Å². The Hall–Kier alpha value is -2.64. The van der Waals surface area contributed by atoms with Crippen molar-refractivity contribution in [3.05, 3.63) is 63.9 Å². The molecule has 2 saturated heterocycles. The molecule has 1 aromatic carbocycles. The zero-order chi connectivity index (χ0) is 26.9. The van der Waals surface area contributed by atoms with Crippen LogP contribution in [0.3, 0.4) is 0 Å². The van der Waals surface area contributed by atoms with Crippen LogP contribution < -0.4 is 0 Å². The fourth-order valence-corrected chi connectivity index (χ4v) is 6.28. The molecule has 0 saturated carbocycles. The summed E-state index contributed by atoms with van der Waals surface area (Å²) in [5, 5.41) is 0.768. The number of hydrogen-bond acceptors (Lipinski definition) is 5. The number of piperidine rings is 1. The number of nitrogens with zero attached hydrogens (tertiary/aromatic N) is 4. The minimum absolute atomic E-state index is 0.0685. The molecule has 7 nitrogen and oxygen atoms in total. The van der Waals surface area contributed by atoms with Crippen LogP contribution in [0.25, 0.3) is 0 Å². The van der Waals surface area contributed by atoms with Crippen LogP contribution in [0, 0.1) is 5.92 Å². The topological polar surface area (TPSA) is 66.0 Å². The molecule has 1 aliphatic carbocycles. The normalized spacial score (nSPS) is 22.3. The number of likely N-dealkylation sites (tertiary alicyclic amines) is 1. The molecule has 1 aromatic heterocycles. The number of pyridine rings is 1. The van der Waals surface area contributed by atoms with Crippen LogP contribution in [-0.2, 0) is 22.4 Å². The highest BCUT2D eigenvalue weighted by Crippen LogP contribution is 2.37. The van der Waals surface area contributed by atoms with Crippen molar-refractivity contribution < 1.29 is 14.3 Å². The summed E-state index contributed by atoms with van der Waals surface area (Å²) >= 11 is 6.36. The number of halogens is 1. The lowest BCUT2D eigenvalue weighted by Gasteiger charge is -2.40. The number of aryl methyl sites for hydroxylation is 2. The van der Waals surface area contributed by atoms with E-state index in [4.69, 9.17) is 21.3 Å². The molecule has 38 heavy (non-hydrogen) atoms. The SMILES string of the molecule is CC(C)(C)OC(=O)N1CCCC(CC(=O)N2CCN(C3c4ccc(Cl)cc4CCc4cccnc43)CC2)C1. The number of benzene rings is 1. The summed E-state index contributed by atoms with van der Waals surface area (Å²) in [6.07, 6.45) is 5.86. The first-order valence-electron chi connectivity index (χ1n) is 13.9. The van der Waals surface area contributed by atoms with Crippen molar-refractivity contribution in [2.45, 2.75) is 64.5 Å². The minimum Gasteiger partial charge on any atom is -0.444 e. The maximum Gasteiger partial charge on any atom is 0.410 e. The molecule has 5 rings (SSSR count). The van der Waals surface area contributed by atoms with Gasteiger partial charge >= 0.3 is 6.09 Å². The second-order valence-corrected chi connectivity index (χ2v) is 12.3. The molecule has 8 heteroatoms. The molecule has 3 heterocycles. The largest absolute Gasteiger partial charge is 0.444 e. The van der Waals surface area contributed by atoms with Crippen LogP contribution >= 0.6 is 11.6 Å². The van der Waals surface area contributed by atoms with Gasteiger partial charge in [0.15, 0.2) is 0 Å². The van der Waals surface area contributed by atoms with Crippen molar-refractivity contribution in [3.8, 4) is 0 Å². The molecule has 2 aliphatic heterocycles. The van der Waals surface area contributed by atoms with Crippen molar-refractivity contribution in [1.29, 1.82) is 0 Å². The third kappa shape index (κ3) is 6.15. The average molecular weight is 539 g/mol. The maximum atomic E-state index is 13.3. The summed E-state index contributed by atoms with van der Waals surface area (Å²) in [6, 6.07) is 10.5. The molecule has 2 fully saturated rings. The molecular formula is C30H39ClN4O3. The molecule has 2 aromatic rings. The zero-order valence-electron chi connectivity index (χ0n) is 22.8. The average Bonchev–Trinajstić information content (AvgIpc) is 3.04. The molecule has 0 spiro atoms. The Morgan fingerprint density at radius 2 is 1.79 bits per heavy atom. The number of carbonyl (C=O) groups excluding carboxylic acids is 2. The van der Waals surface area contributed by atoms with E-state index in [0.717, 1.165) is 49.5 Å². The lowest BCUT2D eigenvalue weighted by Crippen LogP contribution is -2.51. The lowest BCUT2D eigenvalue weighted by molar-refractivity contribution is -0.134. The van der Waals surface area contributed by atoms with Crippen LogP contribution in [-0.4, -0.2) is 76.6 Å². The summed E-state index contributed by atoms with van der Waals surface area (Å²) in [5.74, 6) is 0.364. The van der Waals surface area contributed by atoms with Crippen LogP contribution in [0.15, 0.2) is 36.5 Å². The van der Waals surface area contributed by atoms with Crippen molar-refractivity contribution >= 4 is 23.6 Å². The summed E-state index contributed by atoms with van der Waals surface area (Å²) in [5.41, 5.74) is 4.45. The van der Waals surface area contributed by atoms with Gasteiger partial charge in [-0.25, -0.2) is 4.79 Å². The number of piperazine rings is 1. The monoisotopic (exact) mass is 538 g/mol. The fraction of sp³-hybridized carbons (Fsp3) is 0.567. The third-order valence-corrected chi connectivity index (χ3v) is 8.15. The number of aromatic nitrogens is 1. The molecule has 2 unspecified atom stereocenters. The van der Waals surface area contributed by atoms with Gasteiger partial charge in [-0.1, -0.05) is 23.7 Å². The fourth-order valence-electron chi connectivity index (χ4n) is 6.08. The van der Waals surface area contributed by atoms with Gasteiger partial charge in [-0.15, -0.1) is 0 Å². The standard InChI is InChI=1S/C30H39ClN4O3/c1-30(2,3)38-29(37)35-13-5-6-21(20-35)18-26(36)33-14-16-34(17-15-33)28-25-11-10-24(31)19-23(25)9-8-22-7-4-12-32-27(22)28/h4,7,10-12,19,21,28H,5-6,8-9,13-18,20H2,1-3H3. The number of carbonyl (C=O) groups is 2. The number of ether oxygens (including phenoxy) is 1. The van der Waals surface area contributed by atoms with E-state index in [2.05, 4.69) is 23.1 Å². The van der Waals surface area contributed by atoms with E-state index in [1.807, 2.05) is 44.0 Å². The second-order valence-electron chi connectivity index (χ2n) is 11.8. The number of amides is 2. The van der Waals surface area contributed by atoms with Crippen LogP contribution in [0.5, 0.6) is 0 Å². The Bertz CT molecular complexity index is 1170. The number of rotatable bonds is 3. The highest BCUT2D eigenvalue weighted by atomic mass is 35.5. The molecule has 2 amide bonds. The van der Waals surface area contributed by atoms with E-state index in [1.165, 1.54) is 16.7 Å². The molecule has 0 bridgehead atoms. The Kier molecular flexibility index (Phi) is 7.96. The van der Waals surface area contributed by atoms with Gasteiger partial charge in [0.25, 0.3) is 0 Å². The van der Waals surface area contributed by atoms with Gasteiger partial charge < -0.3 is 14.5 Å². The van der Waals surface area contributed by atoms with E-state index >= 15 is 0 Å². The van der Waals surface area contributed by atoms with Gasteiger partial charge in [-0.2, -0.15) is 0 Å². The van der Waals surface area contributed by atoms with E-state index < -0.39 is 5.60 Å². The Morgan fingerprint density at radius 3 is 2.55 bits per heavy atom. The van der Waals surface area contributed by atoms with Gasteiger partial charge in [-0.3, -0.25) is 14.7 Å². The quantitative estimate of drug-likeness (QED) is 0.543. The van der Waals surface area contributed by atoms with Gasteiger partial charge in [0, 0.05) is 56.9 Å². The summed E-state index contributed by atoms with van der Waals surface area (Å²) in [4.78, 5) is 36.9. The Labute approximate surface area is 231 Å². The number of hydrogen-bond donors (Lipinski definition) is 0. The Balaban J connectivity index is 1.22. The first kappa shape index (κ1) is 26.9. The number of fused-ring (bicyclic) bond motifs is 2. The van der Waals surface area contributed by atoms with Crippen LogP contribution in [0.1, 0.15) is 68.5 Å². The molecular weight excluding hydrogens is 500 g/mol. The molecule has 2 atom stereocenters. The van der Waals surface area contributed by atoms with E-state index in [0.29, 0.717) is 32.6 Å². The first-order valence-corrected chi connectivity index (χ1v) is 14.3. The summed E-state index contributed by atoms with van der Waals surface area (Å²) < 4.78 is 5.56. The maximum absolute atomic E-state index is 13.3. The highest BCUT2D eigenvalue weighted by molar-refractivity contribution is 6.30. The van der Waals surface area contributed by atoms with E-state index in [9.17, 15) is 9.59 Å². The van der Waals surface area contributed by atoms with Gasteiger partial charge in [0.2, 0.25) is 5.91 Å². The molecule has 204 valence electrons. The third-order valence-electron chi connectivity index (χ3n) is 7.91. The zero-order valence-corrected chi connectivity index (χ0v) is 23.5. The van der Waals surface area contributed by atoms with Crippen molar-refractivity contribution in [2.75, 3.05) is 39.3 Å². The second kappa shape index (κ2) is 11.2. The minimum atomic E-state index is -0.514. The molecule has 0 radical (unpaired) electrons. The lowest BCUT2D eigenvalue weighted by atomic mass is 9.94. The van der Waals surface area contributed by atoms with Crippen molar-refractivity contribution in [2.24, 2.45) is 5.92 Å². The van der Waals surface area contributed by atoms with Gasteiger partial charge in [-0.05, 0) is 87.3 Å². The van der Waals surface area contributed by atoms with Gasteiger partial charge in [0.1, 0.15) is 5.60 Å². The Morgan fingerprint density at radius 1 is 1.03 bits per heavy atom. The van der Waals surface area contributed by atoms with Crippen LogP contribution in [0.2, 0.25) is 5.02 Å². The van der Waals surface area contributed by atoms with Crippen molar-refractivity contribution in [3.63, 3.8) is 0 Å². The van der Waals surface area contributed by atoms with Crippen molar-refractivity contribution in [1.82, 2.24) is 19.7 Å².